The minimum atomic E-state index is -0.514. The van der Waals surface area contributed by atoms with Gasteiger partial charge in [0.25, 0.3) is 5.91 Å². The van der Waals surface area contributed by atoms with Crippen LogP contribution in [0.3, 0.4) is 0 Å². The number of carbonyl (C=O) groups excluding carboxylic acids is 1. The molecule has 0 aliphatic carbocycles. The van der Waals surface area contributed by atoms with Gasteiger partial charge >= 0.3 is 0 Å². The van der Waals surface area contributed by atoms with Gasteiger partial charge in [-0.3, -0.25) is 4.79 Å². The number of carbonyl (C=O) groups is 1. The van der Waals surface area contributed by atoms with Crippen molar-refractivity contribution in [3.63, 3.8) is 0 Å². The number of amides is 1. The fourth-order valence-electron chi connectivity index (χ4n) is 4.17. The third-order valence-electron chi connectivity index (χ3n) is 5.76. The van der Waals surface area contributed by atoms with E-state index < -0.39 is 5.82 Å². The van der Waals surface area contributed by atoms with Gasteiger partial charge in [-0.05, 0) is 55.7 Å². The highest BCUT2D eigenvalue weighted by Gasteiger charge is 2.31. The topological polar surface area (TPSA) is 66.8 Å². The molecule has 1 N–H and O–H groups in total. The maximum Gasteiger partial charge on any atom is 0.254 e. The number of nitrogens with zero attached hydrogens (tertiary/aromatic N) is 4. The molecule has 8 heteroatoms. The molecular weight excluding hydrogens is 412 g/mol. The number of rotatable bonds is 4. The van der Waals surface area contributed by atoms with Crippen molar-refractivity contribution in [1.29, 1.82) is 0 Å². The number of halogens is 2. The monoisotopic (exact) mass is 433 g/mol. The molecule has 6 nitrogen and oxygen atoms in total. The van der Waals surface area contributed by atoms with Crippen LogP contribution in [0.1, 0.15) is 41.5 Å². The Labute approximate surface area is 183 Å². The average molecular weight is 433 g/mol. The van der Waals surface area contributed by atoms with Crippen LogP contribution in [0.4, 0.5) is 8.78 Å². The van der Waals surface area contributed by atoms with E-state index in [1.807, 2.05) is 0 Å². The maximum absolute atomic E-state index is 14.7. The molecule has 3 heterocycles. The largest absolute Gasteiger partial charge is 0.340 e. The van der Waals surface area contributed by atoms with Gasteiger partial charge in [-0.15, -0.1) is 0 Å². The van der Waals surface area contributed by atoms with Crippen LogP contribution in [-0.2, 0) is 0 Å². The van der Waals surface area contributed by atoms with Crippen molar-refractivity contribution in [2.45, 2.75) is 25.3 Å². The Morgan fingerprint density at radius 2 is 2.00 bits per heavy atom. The summed E-state index contributed by atoms with van der Waals surface area (Å²) in [6, 6.07) is 12.1. The van der Waals surface area contributed by atoms with Crippen LogP contribution in [0.25, 0.3) is 16.9 Å². The molecule has 0 radical (unpaired) electrons. The van der Waals surface area contributed by atoms with Gasteiger partial charge in [-0.2, -0.15) is 5.10 Å². The lowest BCUT2D eigenvalue weighted by atomic mass is 10.00. The number of imidazole rings is 1. The van der Waals surface area contributed by atoms with E-state index >= 15 is 0 Å². The molecule has 1 atom stereocenters. The summed E-state index contributed by atoms with van der Waals surface area (Å²) < 4.78 is 29.7. The van der Waals surface area contributed by atoms with E-state index in [9.17, 15) is 13.6 Å². The van der Waals surface area contributed by atoms with Crippen molar-refractivity contribution in [2.24, 2.45) is 0 Å². The van der Waals surface area contributed by atoms with E-state index in [-0.39, 0.29) is 29.0 Å². The maximum atomic E-state index is 14.7. The van der Waals surface area contributed by atoms with Gasteiger partial charge in [0.2, 0.25) is 0 Å². The quantitative estimate of drug-likeness (QED) is 0.497. The van der Waals surface area contributed by atoms with E-state index in [0.717, 1.165) is 19.3 Å². The zero-order valence-corrected chi connectivity index (χ0v) is 17.2. The minimum Gasteiger partial charge on any atom is -0.340 e. The van der Waals surface area contributed by atoms with Crippen LogP contribution in [0, 0.1) is 11.6 Å². The zero-order valence-electron chi connectivity index (χ0n) is 17.2. The second kappa shape index (κ2) is 8.37. The van der Waals surface area contributed by atoms with E-state index in [1.165, 1.54) is 22.9 Å². The number of aromatic amines is 1. The molecule has 162 valence electrons. The Morgan fingerprint density at radius 1 is 1.09 bits per heavy atom. The van der Waals surface area contributed by atoms with Gasteiger partial charge in [0, 0.05) is 30.1 Å². The van der Waals surface area contributed by atoms with Gasteiger partial charge in [0.1, 0.15) is 23.1 Å². The highest BCUT2D eigenvalue weighted by Crippen LogP contribution is 2.32. The van der Waals surface area contributed by atoms with E-state index in [0.29, 0.717) is 23.6 Å². The minimum absolute atomic E-state index is 0.246. The highest BCUT2D eigenvalue weighted by molar-refractivity contribution is 5.94. The van der Waals surface area contributed by atoms with Crippen molar-refractivity contribution >= 4 is 5.91 Å². The van der Waals surface area contributed by atoms with Gasteiger partial charge in [-0.1, -0.05) is 12.1 Å². The van der Waals surface area contributed by atoms with Crippen molar-refractivity contribution in [3.05, 3.63) is 90.1 Å². The molecule has 1 fully saturated rings. The predicted octanol–water partition coefficient (Wildman–Crippen LogP) is 4.91. The molecular formula is C24H21F2N5O. The van der Waals surface area contributed by atoms with E-state index in [2.05, 4.69) is 15.1 Å². The summed E-state index contributed by atoms with van der Waals surface area (Å²) in [6.45, 7) is 0.558. The Kier molecular flexibility index (Phi) is 5.26. The van der Waals surface area contributed by atoms with Gasteiger partial charge in [-0.25, -0.2) is 18.4 Å². The average Bonchev–Trinajstić information content (AvgIpc) is 3.51. The summed E-state index contributed by atoms with van der Waals surface area (Å²) in [7, 11) is 0. The smallest absolute Gasteiger partial charge is 0.254 e. The Bertz CT molecular complexity index is 1250. The van der Waals surface area contributed by atoms with Gasteiger partial charge in [0.05, 0.1) is 17.9 Å². The fraction of sp³-hybridized carbons (Fsp3) is 0.208. The molecule has 0 saturated carbocycles. The third kappa shape index (κ3) is 3.79. The van der Waals surface area contributed by atoms with E-state index in [4.69, 9.17) is 0 Å². The summed E-state index contributed by atoms with van der Waals surface area (Å²) in [5.74, 6) is -0.441. The molecule has 32 heavy (non-hydrogen) atoms. The zero-order chi connectivity index (χ0) is 22.1. The number of aromatic nitrogens is 4. The Balaban J connectivity index is 1.41. The van der Waals surface area contributed by atoms with Gasteiger partial charge in [0.15, 0.2) is 0 Å². The van der Waals surface area contributed by atoms with Crippen LogP contribution in [0.5, 0.6) is 0 Å². The first kappa shape index (κ1) is 20.1. The van der Waals surface area contributed by atoms with Gasteiger partial charge < -0.3 is 9.88 Å². The number of hydrogen-bond donors (Lipinski definition) is 1. The number of nitrogens with one attached hydrogen (secondary N) is 1. The first-order chi connectivity index (χ1) is 15.6. The lowest BCUT2D eigenvalue weighted by Crippen LogP contribution is -2.39. The summed E-state index contributed by atoms with van der Waals surface area (Å²) in [5, 5.41) is 4.04. The summed E-state index contributed by atoms with van der Waals surface area (Å²) in [5.41, 5.74) is 1.94. The van der Waals surface area contributed by atoms with Crippen LogP contribution >= 0.6 is 0 Å². The van der Waals surface area contributed by atoms with Crippen LogP contribution in [0.2, 0.25) is 0 Å². The fourth-order valence-corrected chi connectivity index (χ4v) is 4.17. The number of piperidine rings is 1. The SMILES string of the molecule is O=C(c1ccc(-n2cccn2)c(F)c1)N1CCCCC1c1ncc(-c2cccc(F)c2)[nH]1. The predicted molar refractivity (Wildman–Crippen MR) is 115 cm³/mol. The molecule has 1 saturated heterocycles. The standard InChI is InChI=1S/C24H21F2N5O/c25-18-6-3-5-16(13-18)20-15-27-23(29-20)22-7-1-2-11-30(22)24(32)17-8-9-21(19(26)14-17)31-12-4-10-28-31/h3-6,8-10,12-15,22H,1-2,7,11H2,(H,27,29). The molecule has 4 aromatic rings. The van der Waals surface area contributed by atoms with E-state index in [1.54, 1.807) is 53.8 Å². The lowest BCUT2D eigenvalue weighted by Gasteiger charge is -2.34. The lowest BCUT2D eigenvalue weighted by molar-refractivity contribution is 0.0600. The molecule has 2 aromatic heterocycles. The first-order valence-corrected chi connectivity index (χ1v) is 10.5. The number of H-pyrrole nitrogens is 1. The van der Waals surface area contributed by atoms with Crippen LogP contribution < -0.4 is 0 Å². The summed E-state index contributed by atoms with van der Waals surface area (Å²) >= 11 is 0. The van der Waals surface area contributed by atoms with Crippen molar-refractivity contribution < 1.29 is 13.6 Å². The molecule has 5 rings (SSSR count). The van der Waals surface area contributed by atoms with Crippen molar-refractivity contribution in [2.75, 3.05) is 6.54 Å². The first-order valence-electron chi connectivity index (χ1n) is 10.5. The highest BCUT2D eigenvalue weighted by atomic mass is 19.1. The second-order valence-electron chi connectivity index (χ2n) is 7.82. The summed E-state index contributed by atoms with van der Waals surface area (Å²) in [6.07, 6.45) is 7.44. The number of benzene rings is 2. The molecule has 1 aliphatic heterocycles. The van der Waals surface area contributed by atoms with Crippen LogP contribution in [-0.4, -0.2) is 37.1 Å². The molecule has 1 amide bonds. The summed E-state index contributed by atoms with van der Waals surface area (Å²) in [4.78, 5) is 22.8. The third-order valence-corrected chi connectivity index (χ3v) is 5.76. The van der Waals surface area contributed by atoms with Crippen LogP contribution in [0.15, 0.2) is 67.1 Å². The molecule has 1 aliphatic rings. The Morgan fingerprint density at radius 3 is 2.78 bits per heavy atom. The normalized spacial score (nSPS) is 16.3. The second-order valence-corrected chi connectivity index (χ2v) is 7.82. The van der Waals surface area contributed by atoms with Crippen molar-refractivity contribution in [3.8, 4) is 16.9 Å². The number of hydrogen-bond acceptors (Lipinski definition) is 3. The molecule has 1 unspecified atom stereocenters. The molecule has 0 spiro atoms. The van der Waals surface area contributed by atoms with Crippen molar-refractivity contribution in [1.82, 2.24) is 24.6 Å². The molecule has 2 aromatic carbocycles. The number of likely N-dealkylation sites (tertiary alicyclic amines) is 1. The Hall–Kier alpha value is -3.81. The molecule has 0 bridgehead atoms.